The molecule has 0 unspecified atom stereocenters. The summed E-state index contributed by atoms with van der Waals surface area (Å²) in [5.74, 6) is 2.13. The van der Waals surface area contributed by atoms with Crippen molar-refractivity contribution in [2.45, 2.75) is 0 Å². The molecule has 0 saturated heterocycles. The first-order chi connectivity index (χ1) is 9.78. The molecule has 0 aliphatic rings. The molecule has 1 heterocycles. The minimum absolute atomic E-state index is 0.573. The van der Waals surface area contributed by atoms with Gasteiger partial charge >= 0.3 is 0 Å². The summed E-state index contributed by atoms with van der Waals surface area (Å²) in [4.78, 5) is 4.31. The molecule has 3 nitrogen and oxygen atoms in total. The largest absolute Gasteiger partial charge is 0.496 e. The Morgan fingerprint density at radius 1 is 0.950 bits per heavy atom. The van der Waals surface area contributed by atoms with Gasteiger partial charge in [0.05, 0.1) is 7.11 Å². The third kappa shape index (κ3) is 2.47. The fourth-order valence-corrected chi connectivity index (χ4v) is 2.29. The monoisotopic (exact) mass is 329 g/mol. The summed E-state index contributed by atoms with van der Waals surface area (Å²) in [6.07, 6.45) is 1.72. The van der Waals surface area contributed by atoms with Gasteiger partial charge in [-0.1, -0.05) is 22.0 Å². The molecule has 0 atom stereocenters. The van der Waals surface area contributed by atoms with Crippen LogP contribution in [0.2, 0.25) is 0 Å². The predicted molar refractivity (Wildman–Crippen MR) is 82.5 cm³/mol. The summed E-state index contributed by atoms with van der Waals surface area (Å²) in [7, 11) is 1.66. The highest BCUT2D eigenvalue weighted by Gasteiger charge is 2.08. The maximum absolute atomic E-state index is 5.86. The van der Waals surface area contributed by atoms with Gasteiger partial charge in [0.25, 0.3) is 0 Å². The summed E-state index contributed by atoms with van der Waals surface area (Å²) in [6, 6.07) is 15.4. The molecule has 20 heavy (non-hydrogen) atoms. The Hall–Kier alpha value is -2.07. The van der Waals surface area contributed by atoms with Crippen LogP contribution in [0.1, 0.15) is 0 Å². The predicted octanol–water partition coefficient (Wildman–Crippen LogP) is 4.80. The van der Waals surface area contributed by atoms with Crippen LogP contribution in [0.4, 0.5) is 0 Å². The standard InChI is InChI=1S/C16H12BrNO2/c1-19-15-4-2-3-14-13(15)9-10-18-16(14)20-12-7-5-11(17)6-8-12/h2-10H,1H3. The Balaban J connectivity index is 2.05. The lowest BCUT2D eigenvalue weighted by Crippen LogP contribution is -1.91. The van der Waals surface area contributed by atoms with E-state index in [1.54, 1.807) is 13.3 Å². The van der Waals surface area contributed by atoms with Gasteiger partial charge in [0.1, 0.15) is 11.5 Å². The molecule has 3 aromatic rings. The molecular weight excluding hydrogens is 318 g/mol. The second kappa shape index (κ2) is 5.51. The highest BCUT2D eigenvalue weighted by molar-refractivity contribution is 9.10. The fourth-order valence-electron chi connectivity index (χ4n) is 2.03. The third-order valence-electron chi connectivity index (χ3n) is 2.98. The zero-order valence-electron chi connectivity index (χ0n) is 10.8. The van der Waals surface area contributed by atoms with Crippen molar-refractivity contribution in [2.24, 2.45) is 0 Å². The summed E-state index contributed by atoms with van der Waals surface area (Å²) < 4.78 is 12.2. The summed E-state index contributed by atoms with van der Waals surface area (Å²) in [5, 5.41) is 1.91. The van der Waals surface area contributed by atoms with Crippen LogP contribution < -0.4 is 9.47 Å². The molecule has 0 saturated carbocycles. The van der Waals surface area contributed by atoms with Crippen LogP contribution in [-0.4, -0.2) is 12.1 Å². The Labute approximate surface area is 125 Å². The number of methoxy groups -OCH3 is 1. The number of aromatic nitrogens is 1. The van der Waals surface area contributed by atoms with E-state index in [4.69, 9.17) is 9.47 Å². The van der Waals surface area contributed by atoms with Crippen molar-refractivity contribution in [3.8, 4) is 17.4 Å². The van der Waals surface area contributed by atoms with Crippen LogP contribution in [0.25, 0.3) is 10.8 Å². The van der Waals surface area contributed by atoms with Gasteiger partial charge in [-0.25, -0.2) is 4.98 Å². The molecule has 2 aromatic carbocycles. The average molecular weight is 330 g/mol. The van der Waals surface area contributed by atoms with Crippen LogP contribution in [0.3, 0.4) is 0 Å². The molecule has 0 radical (unpaired) electrons. The molecule has 1 aromatic heterocycles. The lowest BCUT2D eigenvalue weighted by molar-refractivity contribution is 0.419. The number of hydrogen-bond acceptors (Lipinski definition) is 3. The smallest absolute Gasteiger partial charge is 0.227 e. The van der Waals surface area contributed by atoms with E-state index in [9.17, 15) is 0 Å². The molecule has 100 valence electrons. The second-order valence-electron chi connectivity index (χ2n) is 4.23. The Kier molecular flexibility index (Phi) is 3.56. The number of rotatable bonds is 3. The van der Waals surface area contributed by atoms with Gasteiger partial charge in [-0.2, -0.15) is 0 Å². The second-order valence-corrected chi connectivity index (χ2v) is 5.14. The van der Waals surface area contributed by atoms with Gasteiger partial charge in [0.2, 0.25) is 5.88 Å². The molecule has 0 spiro atoms. The van der Waals surface area contributed by atoms with E-state index in [-0.39, 0.29) is 0 Å². The van der Waals surface area contributed by atoms with Crippen LogP contribution in [0.15, 0.2) is 59.2 Å². The van der Waals surface area contributed by atoms with Crippen molar-refractivity contribution in [3.05, 3.63) is 59.2 Å². The van der Waals surface area contributed by atoms with Gasteiger partial charge in [0, 0.05) is 21.4 Å². The Morgan fingerprint density at radius 3 is 2.50 bits per heavy atom. The zero-order valence-corrected chi connectivity index (χ0v) is 12.4. The van der Waals surface area contributed by atoms with Crippen LogP contribution >= 0.6 is 15.9 Å². The number of nitrogens with zero attached hydrogens (tertiary/aromatic N) is 1. The number of fused-ring (bicyclic) bond motifs is 1. The normalized spacial score (nSPS) is 10.5. The lowest BCUT2D eigenvalue weighted by Gasteiger charge is -2.10. The van der Waals surface area contributed by atoms with Crippen molar-refractivity contribution >= 4 is 26.7 Å². The van der Waals surface area contributed by atoms with E-state index in [1.165, 1.54) is 0 Å². The molecule has 3 rings (SSSR count). The summed E-state index contributed by atoms with van der Waals surface area (Å²) in [6.45, 7) is 0. The van der Waals surface area contributed by atoms with E-state index in [0.29, 0.717) is 5.88 Å². The van der Waals surface area contributed by atoms with Crippen molar-refractivity contribution in [1.82, 2.24) is 4.98 Å². The minimum Gasteiger partial charge on any atom is -0.496 e. The summed E-state index contributed by atoms with van der Waals surface area (Å²) in [5.41, 5.74) is 0. The van der Waals surface area contributed by atoms with Gasteiger partial charge in [-0.15, -0.1) is 0 Å². The Bertz CT molecular complexity index is 741. The molecule has 4 heteroatoms. The molecule has 0 aliphatic carbocycles. The number of ether oxygens (including phenoxy) is 2. The van der Waals surface area contributed by atoms with Crippen LogP contribution in [0, 0.1) is 0 Å². The quantitative estimate of drug-likeness (QED) is 0.691. The highest BCUT2D eigenvalue weighted by Crippen LogP contribution is 2.32. The SMILES string of the molecule is COc1cccc2c(Oc3ccc(Br)cc3)nccc12. The number of hydrogen-bond donors (Lipinski definition) is 0. The highest BCUT2D eigenvalue weighted by atomic mass is 79.9. The van der Waals surface area contributed by atoms with Crippen molar-refractivity contribution < 1.29 is 9.47 Å². The van der Waals surface area contributed by atoms with Gasteiger partial charge < -0.3 is 9.47 Å². The van der Waals surface area contributed by atoms with Gasteiger partial charge in [-0.3, -0.25) is 0 Å². The van der Waals surface area contributed by atoms with Crippen molar-refractivity contribution in [3.63, 3.8) is 0 Å². The van der Waals surface area contributed by atoms with E-state index in [2.05, 4.69) is 20.9 Å². The van der Waals surface area contributed by atoms with E-state index in [1.807, 2.05) is 48.5 Å². The number of halogens is 1. The molecule has 0 N–H and O–H groups in total. The first-order valence-corrected chi connectivity index (χ1v) is 6.92. The molecule has 0 bridgehead atoms. The third-order valence-corrected chi connectivity index (χ3v) is 3.51. The van der Waals surface area contributed by atoms with Gasteiger partial charge in [0.15, 0.2) is 0 Å². The minimum atomic E-state index is 0.573. The fraction of sp³-hybridized carbons (Fsp3) is 0.0625. The average Bonchev–Trinajstić information content (AvgIpc) is 2.49. The molecule has 0 aliphatic heterocycles. The molecule has 0 fully saturated rings. The van der Waals surface area contributed by atoms with Crippen LogP contribution in [-0.2, 0) is 0 Å². The number of benzene rings is 2. The van der Waals surface area contributed by atoms with E-state index in [0.717, 1.165) is 26.7 Å². The van der Waals surface area contributed by atoms with Crippen LogP contribution in [0.5, 0.6) is 17.4 Å². The van der Waals surface area contributed by atoms with Gasteiger partial charge in [-0.05, 0) is 42.5 Å². The summed E-state index contributed by atoms with van der Waals surface area (Å²) >= 11 is 3.40. The van der Waals surface area contributed by atoms with E-state index < -0.39 is 0 Å². The molecule has 0 amide bonds. The first-order valence-electron chi connectivity index (χ1n) is 6.13. The lowest BCUT2D eigenvalue weighted by atomic mass is 10.1. The first kappa shape index (κ1) is 12.9. The molecular formula is C16H12BrNO2. The Morgan fingerprint density at radius 2 is 1.75 bits per heavy atom. The van der Waals surface area contributed by atoms with Crippen molar-refractivity contribution in [2.75, 3.05) is 7.11 Å². The number of pyridine rings is 1. The maximum atomic E-state index is 5.86. The maximum Gasteiger partial charge on any atom is 0.227 e. The topological polar surface area (TPSA) is 31.4 Å². The van der Waals surface area contributed by atoms with Crippen molar-refractivity contribution in [1.29, 1.82) is 0 Å². The zero-order chi connectivity index (χ0) is 13.9. The van der Waals surface area contributed by atoms with E-state index >= 15 is 0 Å².